The maximum Gasteiger partial charge on any atom is 0.337 e. The molecule has 0 spiro atoms. The van der Waals surface area contributed by atoms with E-state index in [2.05, 4.69) is 0 Å². The molecule has 186 valence electrons. The van der Waals surface area contributed by atoms with Crippen molar-refractivity contribution in [1.82, 2.24) is 0 Å². The summed E-state index contributed by atoms with van der Waals surface area (Å²) in [6.07, 6.45) is -1.13. The molecule has 0 amide bonds. The first-order valence-corrected chi connectivity index (χ1v) is 11.9. The van der Waals surface area contributed by atoms with Crippen molar-refractivity contribution in [3.63, 3.8) is 0 Å². The van der Waals surface area contributed by atoms with Crippen molar-refractivity contribution < 1.29 is 52.1 Å². The summed E-state index contributed by atoms with van der Waals surface area (Å²) in [5.41, 5.74) is -1.68. The average Bonchev–Trinajstić information content (AvgIpc) is 2.63. The van der Waals surface area contributed by atoms with Gasteiger partial charge in [0.25, 0.3) is 0 Å². The molecule has 0 saturated heterocycles. The molecule has 0 aromatic heterocycles. The Morgan fingerprint density at radius 1 is 0.844 bits per heavy atom. The van der Waals surface area contributed by atoms with Crippen molar-refractivity contribution in [3.05, 3.63) is 0 Å². The van der Waals surface area contributed by atoms with Crippen LogP contribution in [0.2, 0.25) is 0 Å². The molecular formula is C20H35O11P. The van der Waals surface area contributed by atoms with Gasteiger partial charge in [-0.05, 0) is 54.9 Å². The summed E-state index contributed by atoms with van der Waals surface area (Å²) >= 11 is 0. The van der Waals surface area contributed by atoms with Crippen LogP contribution < -0.4 is 0 Å². The van der Waals surface area contributed by atoms with E-state index in [1.807, 2.05) is 0 Å². The van der Waals surface area contributed by atoms with E-state index < -0.39 is 68.0 Å². The average molecular weight is 482 g/mol. The molecule has 32 heavy (non-hydrogen) atoms. The van der Waals surface area contributed by atoms with E-state index in [0.29, 0.717) is 0 Å². The van der Waals surface area contributed by atoms with Crippen molar-refractivity contribution in [1.29, 1.82) is 0 Å². The lowest BCUT2D eigenvalue weighted by Gasteiger charge is -2.24. The summed E-state index contributed by atoms with van der Waals surface area (Å²) in [5, 5.41) is 8.93. The van der Waals surface area contributed by atoms with Crippen LogP contribution in [0.3, 0.4) is 0 Å². The Bertz CT molecular complexity index is 667. The summed E-state index contributed by atoms with van der Waals surface area (Å²) < 4.78 is 38.4. The van der Waals surface area contributed by atoms with Gasteiger partial charge in [0.1, 0.15) is 0 Å². The van der Waals surface area contributed by atoms with E-state index in [-0.39, 0.29) is 19.4 Å². The second-order valence-electron chi connectivity index (χ2n) is 9.03. The molecule has 0 bridgehead atoms. The number of esters is 3. The number of aliphatic carboxylic acids is 1. The zero-order chi connectivity index (χ0) is 25.2. The zero-order valence-electron chi connectivity index (χ0n) is 19.8. The Kier molecular flexibility index (Phi) is 12.1. The third kappa shape index (κ3) is 12.2. The monoisotopic (exact) mass is 482 g/mol. The highest BCUT2D eigenvalue weighted by Gasteiger charge is 2.36. The minimum absolute atomic E-state index is 0.0286. The number of rotatable bonds is 13. The number of carbonyl (C=O) groups excluding carboxylic acids is 3. The van der Waals surface area contributed by atoms with Crippen LogP contribution in [0.5, 0.6) is 0 Å². The van der Waals surface area contributed by atoms with Crippen molar-refractivity contribution in [2.45, 2.75) is 61.3 Å². The molecule has 0 aromatic carbocycles. The quantitative estimate of drug-likeness (QED) is 0.178. The summed E-state index contributed by atoms with van der Waals surface area (Å²) in [4.78, 5) is 47.0. The van der Waals surface area contributed by atoms with Crippen LogP contribution in [0.4, 0.5) is 0 Å². The van der Waals surface area contributed by atoms with Gasteiger partial charge in [-0.3, -0.25) is 32.8 Å². The van der Waals surface area contributed by atoms with Gasteiger partial charge in [0.15, 0.2) is 0 Å². The number of carbonyl (C=O) groups is 4. The van der Waals surface area contributed by atoms with Crippen LogP contribution in [-0.4, -0.2) is 55.3 Å². The van der Waals surface area contributed by atoms with E-state index >= 15 is 0 Å². The third-order valence-electron chi connectivity index (χ3n) is 3.87. The SMILES string of the molecule is CCOC(=O)C(CCC(=O)O)CP(=O)(OCOC(=O)C(C)(C)C)OCOC(=O)C(C)(C)C. The van der Waals surface area contributed by atoms with Gasteiger partial charge in [0.2, 0.25) is 13.6 Å². The molecule has 0 fully saturated rings. The van der Waals surface area contributed by atoms with Crippen LogP contribution in [0.1, 0.15) is 61.3 Å². The maximum atomic E-state index is 13.3. The fourth-order valence-corrected chi connectivity index (χ4v) is 3.59. The number of hydrogen-bond acceptors (Lipinski definition) is 10. The topological polar surface area (TPSA) is 152 Å². The van der Waals surface area contributed by atoms with Crippen molar-refractivity contribution in [2.24, 2.45) is 16.7 Å². The number of hydrogen-bond donors (Lipinski definition) is 1. The molecule has 12 heteroatoms. The molecule has 1 atom stereocenters. The Morgan fingerprint density at radius 3 is 1.62 bits per heavy atom. The first-order chi connectivity index (χ1) is 14.5. The second kappa shape index (κ2) is 12.9. The molecule has 0 radical (unpaired) electrons. The second-order valence-corrected chi connectivity index (χ2v) is 11.1. The first kappa shape index (κ1) is 30.0. The van der Waals surface area contributed by atoms with Gasteiger partial charge in [-0.1, -0.05) is 0 Å². The minimum atomic E-state index is -4.18. The van der Waals surface area contributed by atoms with Gasteiger partial charge in [0, 0.05) is 6.42 Å². The molecule has 1 N–H and O–H groups in total. The highest BCUT2D eigenvalue weighted by Crippen LogP contribution is 2.50. The van der Waals surface area contributed by atoms with Gasteiger partial charge < -0.3 is 19.3 Å². The number of carboxylic acids is 1. The fourth-order valence-electron chi connectivity index (χ4n) is 2.01. The summed E-state index contributed by atoms with van der Waals surface area (Å²) in [6.45, 7) is 9.78. The van der Waals surface area contributed by atoms with Gasteiger partial charge in [0.05, 0.1) is 29.5 Å². The van der Waals surface area contributed by atoms with Gasteiger partial charge in [-0.25, -0.2) is 0 Å². The smallest absolute Gasteiger partial charge is 0.337 e. The number of ether oxygens (including phenoxy) is 3. The van der Waals surface area contributed by atoms with E-state index in [4.69, 9.17) is 28.4 Å². The minimum Gasteiger partial charge on any atom is -0.481 e. The van der Waals surface area contributed by atoms with E-state index in [0.717, 1.165) is 0 Å². The van der Waals surface area contributed by atoms with Gasteiger partial charge in [-0.2, -0.15) is 0 Å². The molecule has 0 rings (SSSR count). The zero-order valence-corrected chi connectivity index (χ0v) is 20.7. The lowest BCUT2D eigenvalue weighted by molar-refractivity contribution is -0.162. The molecule has 0 aliphatic carbocycles. The van der Waals surface area contributed by atoms with Gasteiger partial charge in [-0.15, -0.1) is 0 Å². The van der Waals surface area contributed by atoms with E-state index in [1.54, 1.807) is 48.5 Å². The van der Waals surface area contributed by atoms with Crippen molar-refractivity contribution in [2.75, 3.05) is 26.4 Å². The molecule has 0 saturated carbocycles. The molecule has 11 nitrogen and oxygen atoms in total. The largest absolute Gasteiger partial charge is 0.481 e. The Morgan fingerprint density at radius 2 is 1.28 bits per heavy atom. The van der Waals surface area contributed by atoms with Crippen LogP contribution in [0, 0.1) is 16.7 Å². The predicted octanol–water partition coefficient (Wildman–Crippen LogP) is 3.35. The normalized spacial score (nSPS) is 13.2. The Balaban J connectivity index is 5.42. The lowest BCUT2D eigenvalue weighted by Crippen LogP contribution is -2.27. The lowest BCUT2D eigenvalue weighted by atomic mass is 9.98. The summed E-state index contributed by atoms with van der Waals surface area (Å²) in [5.74, 6) is -4.32. The van der Waals surface area contributed by atoms with E-state index in [9.17, 15) is 23.7 Å². The first-order valence-electron chi connectivity index (χ1n) is 10.1. The van der Waals surface area contributed by atoms with E-state index in [1.165, 1.54) is 0 Å². The standard InChI is InChI=1S/C20H35O11P/c1-8-27-16(23)14(9-10-15(21)22)11-32(26,30-12-28-17(24)19(2,3)4)31-13-29-18(25)20(5,6)7/h14H,8-13H2,1-7H3,(H,21,22). The Hall–Kier alpha value is -1.97. The van der Waals surface area contributed by atoms with Crippen LogP contribution in [0.25, 0.3) is 0 Å². The number of carboxylic acid groups (broad SMARTS) is 1. The maximum absolute atomic E-state index is 13.3. The van der Waals surface area contributed by atoms with Crippen LogP contribution >= 0.6 is 7.60 Å². The third-order valence-corrected chi connectivity index (χ3v) is 5.76. The highest BCUT2D eigenvalue weighted by molar-refractivity contribution is 7.53. The van der Waals surface area contributed by atoms with Crippen LogP contribution in [-0.2, 0) is 47.0 Å². The fraction of sp³-hybridized carbons (Fsp3) is 0.800. The predicted molar refractivity (Wildman–Crippen MR) is 112 cm³/mol. The van der Waals surface area contributed by atoms with Crippen molar-refractivity contribution >= 4 is 31.5 Å². The van der Waals surface area contributed by atoms with Gasteiger partial charge >= 0.3 is 31.5 Å². The Labute approximate surface area is 188 Å². The molecule has 0 aromatic rings. The summed E-state index contributed by atoms with van der Waals surface area (Å²) in [7, 11) is -4.18. The highest BCUT2D eigenvalue weighted by atomic mass is 31.2. The molecule has 0 aliphatic rings. The molecule has 0 aliphatic heterocycles. The summed E-state index contributed by atoms with van der Waals surface area (Å²) in [6, 6.07) is 0. The molecule has 1 unspecified atom stereocenters. The molecular weight excluding hydrogens is 447 g/mol. The van der Waals surface area contributed by atoms with Crippen molar-refractivity contribution in [3.8, 4) is 0 Å². The van der Waals surface area contributed by atoms with Crippen LogP contribution in [0.15, 0.2) is 0 Å². The molecule has 0 heterocycles.